The molecule has 2 atom stereocenters. The zero-order valence-corrected chi connectivity index (χ0v) is 13.8. The summed E-state index contributed by atoms with van der Waals surface area (Å²) in [7, 11) is 0. The molecule has 0 fully saturated rings. The molecule has 0 saturated carbocycles. The molecule has 1 rings (SSSR count). The normalized spacial score (nSPS) is 16.5. The number of carboxylic acid groups (broad SMARTS) is 1. The van der Waals surface area contributed by atoms with E-state index in [1.807, 2.05) is 6.92 Å². The van der Waals surface area contributed by atoms with Crippen LogP contribution >= 0.6 is 12.2 Å². The van der Waals surface area contributed by atoms with Gasteiger partial charge >= 0.3 is 5.97 Å². The number of nitrogens with two attached hydrogens (primary N) is 1. The Morgan fingerprint density at radius 2 is 1.91 bits per heavy atom. The summed E-state index contributed by atoms with van der Waals surface area (Å²) in [5.41, 5.74) is 10.3. The van der Waals surface area contributed by atoms with Crippen molar-refractivity contribution in [3.05, 3.63) is 12.2 Å². The molecule has 1 aliphatic heterocycles. The number of carbonyl (C=O) groups excluding carboxylic acids is 2. The molecule has 0 aromatic heterocycles. The maximum absolute atomic E-state index is 11.4. The van der Waals surface area contributed by atoms with Gasteiger partial charge in [-0.05, 0) is 31.0 Å². The van der Waals surface area contributed by atoms with E-state index in [2.05, 4.69) is 23.1 Å². The van der Waals surface area contributed by atoms with Crippen LogP contribution in [0.25, 0.3) is 0 Å². The van der Waals surface area contributed by atoms with Crippen molar-refractivity contribution >= 4 is 35.1 Å². The maximum atomic E-state index is 11.4. The highest BCUT2D eigenvalue weighted by atomic mass is 32.1. The SMILES string of the molecule is CC(CCCCCN1C(=O)C=CC1=O)[C@H](NNC(N)=S)C(=O)O. The lowest BCUT2D eigenvalue weighted by Gasteiger charge is -2.22. The molecule has 128 valence electrons. The lowest BCUT2D eigenvalue weighted by molar-refractivity contribution is -0.141. The van der Waals surface area contributed by atoms with E-state index in [0.29, 0.717) is 19.4 Å². The van der Waals surface area contributed by atoms with Gasteiger partial charge in [-0.15, -0.1) is 0 Å². The molecule has 2 amide bonds. The van der Waals surface area contributed by atoms with E-state index in [-0.39, 0.29) is 22.8 Å². The second-order valence-electron chi connectivity index (χ2n) is 5.44. The Balaban J connectivity index is 2.25. The van der Waals surface area contributed by atoms with Crippen LogP contribution in [0.15, 0.2) is 12.2 Å². The maximum Gasteiger partial charge on any atom is 0.322 e. The Morgan fingerprint density at radius 3 is 2.43 bits per heavy atom. The predicted octanol–water partition coefficient (Wildman–Crippen LogP) is -0.101. The van der Waals surface area contributed by atoms with Gasteiger partial charge in [-0.25, -0.2) is 5.43 Å². The largest absolute Gasteiger partial charge is 0.480 e. The van der Waals surface area contributed by atoms with Gasteiger partial charge in [0.15, 0.2) is 5.11 Å². The van der Waals surface area contributed by atoms with Gasteiger partial charge in [0.25, 0.3) is 11.8 Å². The van der Waals surface area contributed by atoms with Gasteiger partial charge < -0.3 is 10.8 Å². The zero-order valence-electron chi connectivity index (χ0n) is 12.9. The first-order chi connectivity index (χ1) is 10.8. The fourth-order valence-electron chi connectivity index (χ4n) is 2.33. The number of amides is 2. The van der Waals surface area contributed by atoms with Gasteiger partial charge in [0.1, 0.15) is 6.04 Å². The number of nitrogens with one attached hydrogen (secondary N) is 2. The molecule has 8 nitrogen and oxygen atoms in total. The van der Waals surface area contributed by atoms with Gasteiger partial charge in [-0.3, -0.25) is 24.7 Å². The molecule has 1 heterocycles. The number of hydrogen-bond donors (Lipinski definition) is 4. The molecule has 1 aliphatic rings. The Hall–Kier alpha value is -2.00. The molecule has 0 aromatic rings. The van der Waals surface area contributed by atoms with Crippen LogP contribution in [0.4, 0.5) is 0 Å². The number of hydrazine groups is 1. The van der Waals surface area contributed by atoms with E-state index in [4.69, 9.17) is 5.73 Å². The van der Waals surface area contributed by atoms with E-state index >= 15 is 0 Å². The molecular weight excluding hydrogens is 320 g/mol. The minimum absolute atomic E-state index is 0.0167. The number of hydrogen-bond acceptors (Lipinski definition) is 5. The lowest BCUT2D eigenvalue weighted by Crippen LogP contribution is -2.52. The minimum atomic E-state index is -0.986. The number of rotatable bonds is 10. The van der Waals surface area contributed by atoms with Gasteiger partial charge in [0.05, 0.1) is 0 Å². The summed E-state index contributed by atoms with van der Waals surface area (Å²) in [6.07, 6.45) is 5.51. The third kappa shape index (κ3) is 6.33. The molecule has 0 radical (unpaired) electrons. The minimum Gasteiger partial charge on any atom is -0.480 e. The van der Waals surface area contributed by atoms with Crippen LogP contribution in [0, 0.1) is 5.92 Å². The summed E-state index contributed by atoms with van der Waals surface area (Å²) in [4.78, 5) is 35.1. The Kier molecular flexibility index (Phi) is 7.63. The van der Waals surface area contributed by atoms with Crippen molar-refractivity contribution in [3.63, 3.8) is 0 Å². The molecule has 23 heavy (non-hydrogen) atoms. The predicted molar refractivity (Wildman–Crippen MR) is 88.0 cm³/mol. The molecule has 0 aliphatic carbocycles. The average molecular weight is 342 g/mol. The molecule has 9 heteroatoms. The molecule has 5 N–H and O–H groups in total. The van der Waals surface area contributed by atoms with E-state index in [9.17, 15) is 19.5 Å². The monoisotopic (exact) mass is 342 g/mol. The molecule has 0 aromatic carbocycles. The third-order valence-electron chi connectivity index (χ3n) is 3.63. The van der Waals surface area contributed by atoms with Crippen molar-refractivity contribution in [2.45, 2.75) is 38.6 Å². The second kappa shape index (κ2) is 9.21. The highest BCUT2D eigenvalue weighted by Crippen LogP contribution is 2.14. The van der Waals surface area contributed by atoms with E-state index in [1.165, 1.54) is 17.1 Å². The number of aliphatic carboxylic acids is 1. The quantitative estimate of drug-likeness (QED) is 0.188. The van der Waals surface area contributed by atoms with Crippen molar-refractivity contribution in [2.75, 3.05) is 6.54 Å². The summed E-state index contributed by atoms with van der Waals surface area (Å²) >= 11 is 4.63. The number of unbranched alkanes of at least 4 members (excludes halogenated alkanes) is 2. The van der Waals surface area contributed by atoms with Gasteiger partial charge in [0, 0.05) is 18.7 Å². The molecule has 0 spiro atoms. The Labute approximate surface area is 140 Å². The topological polar surface area (TPSA) is 125 Å². The van der Waals surface area contributed by atoms with Crippen LogP contribution in [0.1, 0.15) is 32.6 Å². The molecule has 0 bridgehead atoms. The van der Waals surface area contributed by atoms with Crippen molar-refractivity contribution in [2.24, 2.45) is 11.7 Å². The van der Waals surface area contributed by atoms with Crippen LogP contribution in [0.2, 0.25) is 0 Å². The lowest BCUT2D eigenvalue weighted by atomic mass is 9.95. The van der Waals surface area contributed by atoms with Crippen molar-refractivity contribution in [1.29, 1.82) is 0 Å². The zero-order chi connectivity index (χ0) is 17.4. The van der Waals surface area contributed by atoms with Crippen LogP contribution in [0.3, 0.4) is 0 Å². The Bertz CT molecular complexity index is 491. The number of thiocarbonyl (C=S) groups is 1. The van der Waals surface area contributed by atoms with Gasteiger partial charge in [-0.1, -0.05) is 19.8 Å². The van der Waals surface area contributed by atoms with Crippen LogP contribution in [0.5, 0.6) is 0 Å². The summed E-state index contributed by atoms with van der Waals surface area (Å²) in [6, 6.07) is -0.803. The fraction of sp³-hybridized carbons (Fsp3) is 0.571. The summed E-state index contributed by atoms with van der Waals surface area (Å²) < 4.78 is 0. The summed E-state index contributed by atoms with van der Waals surface area (Å²) in [5, 5.41) is 9.17. The standard InChI is InChI=1S/C14H22N4O4S/c1-9(12(13(21)22)16-17-14(15)23)5-3-2-4-8-18-10(19)6-7-11(18)20/h6-7,9,12,16H,2-5,8H2,1H3,(H,21,22)(H3,15,17,23)/t9?,12-/m0/s1. The first kappa shape index (κ1) is 19.0. The van der Waals surface area contributed by atoms with Crippen LogP contribution in [-0.2, 0) is 14.4 Å². The summed E-state index contributed by atoms with van der Waals surface area (Å²) in [6.45, 7) is 2.22. The van der Waals surface area contributed by atoms with Crippen LogP contribution < -0.4 is 16.6 Å². The third-order valence-corrected chi connectivity index (χ3v) is 3.73. The number of carbonyl (C=O) groups is 3. The van der Waals surface area contributed by atoms with Crippen molar-refractivity contribution < 1.29 is 19.5 Å². The van der Waals surface area contributed by atoms with Gasteiger partial charge in [-0.2, -0.15) is 0 Å². The van der Waals surface area contributed by atoms with E-state index in [0.717, 1.165) is 12.8 Å². The first-order valence-corrected chi connectivity index (χ1v) is 7.81. The van der Waals surface area contributed by atoms with E-state index in [1.54, 1.807) is 0 Å². The van der Waals surface area contributed by atoms with Gasteiger partial charge in [0.2, 0.25) is 0 Å². The van der Waals surface area contributed by atoms with Crippen molar-refractivity contribution in [3.8, 4) is 0 Å². The number of carboxylic acids is 1. The average Bonchev–Trinajstić information content (AvgIpc) is 2.77. The van der Waals surface area contributed by atoms with E-state index < -0.39 is 12.0 Å². The second-order valence-corrected chi connectivity index (χ2v) is 5.88. The number of nitrogens with zero attached hydrogens (tertiary/aromatic N) is 1. The Morgan fingerprint density at radius 1 is 1.30 bits per heavy atom. The molecular formula is C14H22N4O4S. The van der Waals surface area contributed by atoms with Crippen LogP contribution in [-0.4, -0.2) is 45.5 Å². The first-order valence-electron chi connectivity index (χ1n) is 7.40. The number of imide groups is 1. The van der Waals surface area contributed by atoms with Crippen molar-refractivity contribution in [1.82, 2.24) is 15.8 Å². The molecule has 0 saturated heterocycles. The highest BCUT2D eigenvalue weighted by Gasteiger charge is 2.25. The smallest absolute Gasteiger partial charge is 0.322 e. The fourth-order valence-corrected chi connectivity index (χ4v) is 2.39. The summed E-state index contributed by atoms with van der Waals surface area (Å²) in [5.74, 6) is -1.67. The highest BCUT2D eigenvalue weighted by molar-refractivity contribution is 7.80. The molecule has 1 unspecified atom stereocenters.